The van der Waals surface area contributed by atoms with E-state index < -0.39 is 0 Å². The summed E-state index contributed by atoms with van der Waals surface area (Å²) < 4.78 is 0. The molecule has 29 heavy (non-hydrogen) atoms. The lowest BCUT2D eigenvalue weighted by Gasteiger charge is -2.33. The molecule has 0 unspecified atom stereocenters. The van der Waals surface area contributed by atoms with Gasteiger partial charge in [0.25, 0.3) is 5.91 Å². The average Bonchev–Trinajstić information content (AvgIpc) is 3.07. The summed E-state index contributed by atoms with van der Waals surface area (Å²) in [5.74, 6) is 0.984. The largest absolute Gasteiger partial charge is 0.353 e. The molecule has 2 saturated heterocycles. The molecule has 8 heteroatoms. The second kappa shape index (κ2) is 8.93. The van der Waals surface area contributed by atoms with Crippen LogP contribution in [-0.2, 0) is 0 Å². The molecule has 2 aromatic heterocycles. The normalized spacial score (nSPS) is 21.6. The Morgan fingerprint density at radius 2 is 2.00 bits per heavy atom. The first-order chi connectivity index (χ1) is 14.0. The second-order valence-corrected chi connectivity index (χ2v) is 9.36. The Hall–Kier alpha value is -1.77. The van der Waals surface area contributed by atoms with Crippen molar-refractivity contribution in [3.63, 3.8) is 0 Å². The number of piperazine rings is 1. The molecule has 0 spiro atoms. The fourth-order valence-corrected chi connectivity index (χ4v) is 5.47. The van der Waals surface area contributed by atoms with Gasteiger partial charge < -0.3 is 15.1 Å². The molecule has 0 radical (unpaired) electrons. The van der Waals surface area contributed by atoms with Crippen molar-refractivity contribution in [1.82, 2.24) is 25.1 Å². The molecule has 2 fully saturated rings. The molecule has 1 atom stereocenters. The van der Waals surface area contributed by atoms with Gasteiger partial charge >= 0.3 is 0 Å². The smallest absolute Gasteiger partial charge is 0.261 e. The zero-order chi connectivity index (χ0) is 20.4. The monoisotopic (exact) mass is 416 g/mol. The molecular weight excluding hydrogens is 384 g/mol. The van der Waals surface area contributed by atoms with Crippen molar-refractivity contribution in [2.75, 3.05) is 57.8 Å². The highest BCUT2D eigenvalue weighted by Crippen LogP contribution is 2.35. The Labute approximate surface area is 177 Å². The van der Waals surface area contributed by atoms with Crippen LogP contribution in [0.15, 0.2) is 6.33 Å². The van der Waals surface area contributed by atoms with Crippen molar-refractivity contribution in [3.8, 4) is 0 Å². The Morgan fingerprint density at radius 3 is 2.76 bits per heavy atom. The molecule has 0 bridgehead atoms. The van der Waals surface area contributed by atoms with Crippen LogP contribution in [-0.4, -0.2) is 84.6 Å². The van der Waals surface area contributed by atoms with Crippen molar-refractivity contribution in [2.24, 2.45) is 0 Å². The van der Waals surface area contributed by atoms with E-state index in [2.05, 4.69) is 44.0 Å². The van der Waals surface area contributed by atoms with Crippen molar-refractivity contribution in [1.29, 1.82) is 0 Å². The Kier molecular flexibility index (Phi) is 6.32. The van der Waals surface area contributed by atoms with Crippen molar-refractivity contribution < 1.29 is 4.79 Å². The number of nitrogens with zero attached hydrogens (tertiary/aromatic N) is 5. The van der Waals surface area contributed by atoms with Crippen LogP contribution in [0.4, 0.5) is 5.82 Å². The summed E-state index contributed by atoms with van der Waals surface area (Å²) in [6.45, 7) is 11.0. The van der Waals surface area contributed by atoms with Crippen LogP contribution in [0.2, 0.25) is 0 Å². The molecule has 4 heterocycles. The predicted octanol–water partition coefficient (Wildman–Crippen LogP) is 2.36. The van der Waals surface area contributed by atoms with Gasteiger partial charge in [0.2, 0.25) is 0 Å². The zero-order valence-corrected chi connectivity index (χ0v) is 18.6. The lowest BCUT2D eigenvalue weighted by Crippen LogP contribution is -2.44. The maximum Gasteiger partial charge on any atom is 0.261 e. The molecule has 7 nitrogen and oxygen atoms in total. The fraction of sp³-hybridized carbons (Fsp3) is 0.667. The predicted molar refractivity (Wildman–Crippen MR) is 119 cm³/mol. The maximum atomic E-state index is 12.9. The number of aryl methyl sites for hydroxylation is 1. The quantitative estimate of drug-likeness (QED) is 0.807. The number of fused-ring (bicyclic) bond motifs is 1. The van der Waals surface area contributed by atoms with Gasteiger partial charge in [-0.1, -0.05) is 6.42 Å². The third-order valence-electron chi connectivity index (χ3n) is 6.34. The minimum absolute atomic E-state index is 0.0134. The van der Waals surface area contributed by atoms with Crippen LogP contribution < -0.4 is 10.2 Å². The topological polar surface area (TPSA) is 64.6 Å². The highest BCUT2D eigenvalue weighted by Gasteiger charge is 2.24. The molecule has 1 amide bonds. The van der Waals surface area contributed by atoms with Crippen molar-refractivity contribution in [3.05, 3.63) is 16.8 Å². The van der Waals surface area contributed by atoms with Crippen LogP contribution in [0.3, 0.4) is 0 Å². The first-order valence-electron chi connectivity index (χ1n) is 10.7. The van der Waals surface area contributed by atoms with E-state index in [0.717, 1.165) is 65.7 Å². The first kappa shape index (κ1) is 20.5. The van der Waals surface area contributed by atoms with Gasteiger partial charge in [-0.3, -0.25) is 9.69 Å². The van der Waals surface area contributed by atoms with Gasteiger partial charge in [0, 0.05) is 45.3 Å². The Morgan fingerprint density at radius 1 is 1.21 bits per heavy atom. The van der Waals surface area contributed by atoms with E-state index in [4.69, 9.17) is 0 Å². The standard InChI is InChI=1S/C21H32N6OS/c1-15-6-4-5-8-26(15)9-7-22-20(28)18-16(2)17-19(23-14-24-21(17)29-18)27-12-10-25(3)11-13-27/h14-15H,4-13H2,1-3H3,(H,22,28)/t15-/m1/s1. The minimum Gasteiger partial charge on any atom is -0.353 e. The van der Waals surface area contributed by atoms with E-state index in [0.29, 0.717) is 12.6 Å². The summed E-state index contributed by atoms with van der Waals surface area (Å²) in [6.07, 6.45) is 5.48. The molecule has 0 saturated carbocycles. The van der Waals surface area contributed by atoms with Crippen LogP contribution in [0.1, 0.15) is 41.4 Å². The van der Waals surface area contributed by atoms with E-state index >= 15 is 0 Å². The lowest BCUT2D eigenvalue weighted by atomic mass is 10.0. The van der Waals surface area contributed by atoms with Gasteiger partial charge in [-0.25, -0.2) is 9.97 Å². The van der Waals surface area contributed by atoms with Gasteiger partial charge in [-0.05, 0) is 45.8 Å². The molecule has 158 valence electrons. The number of hydrogen-bond acceptors (Lipinski definition) is 7. The highest BCUT2D eigenvalue weighted by atomic mass is 32.1. The van der Waals surface area contributed by atoms with E-state index in [9.17, 15) is 4.79 Å². The summed E-state index contributed by atoms with van der Waals surface area (Å²) in [7, 11) is 2.15. The number of likely N-dealkylation sites (tertiary alicyclic amines) is 1. The van der Waals surface area contributed by atoms with Gasteiger partial charge in [-0.15, -0.1) is 11.3 Å². The number of aromatic nitrogens is 2. The van der Waals surface area contributed by atoms with E-state index in [-0.39, 0.29) is 5.91 Å². The molecule has 2 aromatic rings. The number of hydrogen-bond donors (Lipinski definition) is 1. The Balaban J connectivity index is 1.47. The molecule has 0 aromatic carbocycles. The average molecular weight is 417 g/mol. The number of amides is 1. The van der Waals surface area contributed by atoms with E-state index in [1.165, 1.54) is 30.6 Å². The third-order valence-corrected chi connectivity index (χ3v) is 7.54. The van der Waals surface area contributed by atoms with Gasteiger partial charge in [0.05, 0.1) is 10.3 Å². The maximum absolute atomic E-state index is 12.9. The molecule has 2 aliphatic rings. The summed E-state index contributed by atoms with van der Waals surface area (Å²) in [4.78, 5) is 30.8. The van der Waals surface area contributed by atoms with Crippen LogP contribution in [0.5, 0.6) is 0 Å². The SMILES string of the molecule is Cc1c(C(=O)NCCN2CCCC[C@H]2C)sc2ncnc(N3CCN(C)CC3)c12. The van der Waals surface area contributed by atoms with E-state index in [1.807, 2.05) is 6.92 Å². The number of rotatable bonds is 5. The van der Waals surface area contributed by atoms with Crippen LogP contribution in [0, 0.1) is 6.92 Å². The number of likely N-dealkylation sites (N-methyl/N-ethyl adjacent to an activating group) is 1. The molecule has 0 aliphatic carbocycles. The minimum atomic E-state index is 0.0134. The number of carbonyl (C=O) groups excluding carboxylic acids is 1. The van der Waals surface area contributed by atoms with Crippen LogP contribution >= 0.6 is 11.3 Å². The van der Waals surface area contributed by atoms with E-state index in [1.54, 1.807) is 6.33 Å². The van der Waals surface area contributed by atoms with Crippen molar-refractivity contribution >= 4 is 33.3 Å². The van der Waals surface area contributed by atoms with Gasteiger partial charge in [0.15, 0.2) is 0 Å². The van der Waals surface area contributed by atoms with Gasteiger partial charge in [0.1, 0.15) is 17.0 Å². The molecule has 2 aliphatic heterocycles. The van der Waals surface area contributed by atoms with Crippen LogP contribution in [0.25, 0.3) is 10.2 Å². The number of piperidine rings is 1. The Bertz CT molecular complexity index is 860. The number of nitrogens with one attached hydrogen (secondary N) is 1. The van der Waals surface area contributed by atoms with Crippen molar-refractivity contribution in [2.45, 2.75) is 39.2 Å². The fourth-order valence-electron chi connectivity index (χ4n) is 4.41. The summed E-state index contributed by atoms with van der Waals surface area (Å²) >= 11 is 1.48. The van der Waals surface area contributed by atoms with Gasteiger partial charge in [-0.2, -0.15) is 0 Å². The highest BCUT2D eigenvalue weighted by molar-refractivity contribution is 7.20. The zero-order valence-electron chi connectivity index (χ0n) is 17.8. The summed E-state index contributed by atoms with van der Waals surface area (Å²) in [6, 6.07) is 0.619. The number of anilines is 1. The first-order valence-corrected chi connectivity index (χ1v) is 11.6. The molecular formula is C21H32N6OS. The second-order valence-electron chi connectivity index (χ2n) is 8.36. The number of thiophene rings is 1. The summed E-state index contributed by atoms with van der Waals surface area (Å²) in [5, 5.41) is 4.17. The summed E-state index contributed by atoms with van der Waals surface area (Å²) in [5.41, 5.74) is 1.00. The lowest BCUT2D eigenvalue weighted by molar-refractivity contribution is 0.0942. The molecule has 1 N–H and O–H groups in total. The number of carbonyl (C=O) groups is 1. The third kappa shape index (κ3) is 4.39. The molecule has 4 rings (SSSR count).